The zero-order valence-electron chi connectivity index (χ0n) is 12.0. The molecule has 0 saturated heterocycles. The second-order valence-electron chi connectivity index (χ2n) is 4.66. The number of nitrogens with one attached hydrogen (secondary N) is 1. The molecule has 0 atom stereocenters. The van der Waals surface area contributed by atoms with E-state index in [0.29, 0.717) is 24.4 Å². The number of benzene rings is 1. The minimum Gasteiger partial charge on any atom is -0.381 e. The fraction of sp³-hybridized carbons (Fsp3) is 0.500. The van der Waals surface area contributed by atoms with Crippen molar-refractivity contribution in [3.8, 4) is 0 Å². The van der Waals surface area contributed by atoms with Crippen molar-refractivity contribution in [1.82, 2.24) is 4.98 Å². The minimum absolute atomic E-state index is 0.0562. The Bertz CT molecular complexity index is 600. The van der Waals surface area contributed by atoms with Crippen LogP contribution in [0.4, 0.5) is 11.4 Å². The molecule has 7 heteroatoms. The van der Waals surface area contributed by atoms with E-state index < -0.39 is 0 Å². The zero-order valence-corrected chi connectivity index (χ0v) is 12.8. The molecular formula is C14H19N3O3S. The average molecular weight is 309 g/mol. The van der Waals surface area contributed by atoms with Crippen molar-refractivity contribution < 1.29 is 9.66 Å². The van der Waals surface area contributed by atoms with Gasteiger partial charge >= 0.3 is 5.69 Å². The number of nitro groups is 1. The Labute approximate surface area is 127 Å². The van der Waals surface area contributed by atoms with Crippen molar-refractivity contribution in [3.63, 3.8) is 0 Å². The van der Waals surface area contributed by atoms with E-state index in [1.54, 1.807) is 11.6 Å². The molecule has 0 fully saturated rings. The van der Waals surface area contributed by atoms with Crippen LogP contribution < -0.4 is 5.32 Å². The molecule has 0 aliphatic carbocycles. The van der Waals surface area contributed by atoms with Crippen LogP contribution in [0.3, 0.4) is 0 Å². The summed E-state index contributed by atoms with van der Waals surface area (Å²) < 4.78 is 6.29. The first-order valence-corrected chi connectivity index (χ1v) is 7.94. The van der Waals surface area contributed by atoms with Crippen LogP contribution in [0.1, 0.15) is 26.2 Å². The van der Waals surface area contributed by atoms with E-state index in [1.807, 2.05) is 6.07 Å². The van der Waals surface area contributed by atoms with Gasteiger partial charge in [-0.15, -0.1) is 11.3 Å². The largest absolute Gasteiger partial charge is 0.381 e. The van der Waals surface area contributed by atoms with Crippen molar-refractivity contribution in [2.24, 2.45) is 0 Å². The molecule has 114 valence electrons. The Hall–Kier alpha value is -1.73. The maximum atomic E-state index is 11.2. The van der Waals surface area contributed by atoms with Crippen molar-refractivity contribution in [3.05, 3.63) is 27.8 Å². The van der Waals surface area contributed by atoms with E-state index in [9.17, 15) is 10.1 Å². The van der Waals surface area contributed by atoms with Gasteiger partial charge in [-0.2, -0.15) is 0 Å². The second kappa shape index (κ2) is 7.90. The summed E-state index contributed by atoms with van der Waals surface area (Å²) in [6.07, 6.45) is 3.01. The first-order valence-electron chi connectivity index (χ1n) is 7.06. The topological polar surface area (TPSA) is 77.3 Å². The number of rotatable bonds is 9. The lowest BCUT2D eigenvalue weighted by molar-refractivity contribution is -0.382. The number of anilines is 1. The van der Waals surface area contributed by atoms with Gasteiger partial charge in [0.2, 0.25) is 0 Å². The van der Waals surface area contributed by atoms with Crippen molar-refractivity contribution in [2.75, 3.05) is 25.1 Å². The van der Waals surface area contributed by atoms with E-state index in [1.165, 1.54) is 11.3 Å². The highest BCUT2D eigenvalue weighted by atomic mass is 32.1. The molecule has 1 aromatic carbocycles. The third kappa shape index (κ3) is 4.12. The summed E-state index contributed by atoms with van der Waals surface area (Å²) in [5, 5.41) is 14.4. The maximum Gasteiger partial charge on any atom is 0.319 e. The first-order chi connectivity index (χ1) is 10.2. The number of aromatic nitrogens is 1. The predicted octanol–water partition coefficient (Wildman–Crippen LogP) is 3.82. The van der Waals surface area contributed by atoms with Crippen LogP contribution in [0.2, 0.25) is 0 Å². The highest BCUT2D eigenvalue weighted by Crippen LogP contribution is 2.34. The Morgan fingerprint density at radius 1 is 1.38 bits per heavy atom. The van der Waals surface area contributed by atoms with Gasteiger partial charge in [0.15, 0.2) is 5.52 Å². The molecule has 2 rings (SSSR count). The van der Waals surface area contributed by atoms with Crippen LogP contribution >= 0.6 is 11.3 Å². The SMILES string of the molecule is CCCCOCCCNc1ccc2scnc2c1[N+](=O)[O-]. The Balaban J connectivity index is 1.92. The van der Waals surface area contributed by atoms with Gasteiger partial charge < -0.3 is 10.1 Å². The lowest BCUT2D eigenvalue weighted by Gasteiger charge is -2.08. The molecule has 6 nitrogen and oxygen atoms in total. The van der Waals surface area contributed by atoms with Gasteiger partial charge in [-0.05, 0) is 25.0 Å². The monoisotopic (exact) mass is 309 g/mol. The first kappa shape index (κ1) is 15.7. The summed E-state index contributed by atoms with van der Waals surface area (Å²) in [6, 6.07) is 3.61. The predicted molar refractivity (Wildman–Crippen MR) is 85.1 cm³/mol. The Morgan fingerprint density at radius 2 is 2.19 bits per heavy atom. The standard InChI is InChI=1S/C14H19N3O3S/c1-2-3-8-20-9-4-7-15-11-5-6-12-13(16-10-21-12)14(11)17(18)19/h5-6,10,15H,2-4,7-9H2,1H3. The summed E-state index contributed by atoms with van der Waals surface area (Å²) in [5.74, 6) is 0. The van der Waals surface area contributed by atoms with E-state index >= 15 is 0 Å². The van der Waals surface area contributed by atoms with Gasteiger partial charge in [0.1, 0.15) is 5.69 Å². The summed E-state index contributed by atoms with van der Waals surface area (Å²) in [4.78, 5) is 15.0. The van der Waals surface area contributed by atoms with Crippen LogP contribution in [0, 0.1) is 10.1 Å². The van der Waals surface area contributed by atoms with Crippen LogP contribution in [0.15, 0.2) is 17.6 Å². The molecule has 0 aliphatic heterocycles. The third-order valence-electron chi connectivity index (χ3n) is 3.08. The molecule has 1 N–H and O–H groups in total. The van der Waals surface area contributed by atoms with E-state index in [2.05, 4.69) is 17.2 Å². The molecule has 0 radical (unpaired) electrons. The molecular weight excluding hydrogens is 290 g/mol. The highest BCUT2D eigenvalue weighted by molar-refractivity contribution is 7.16. The summed E-state index contributed by atoms with van der Waals surface area (Å²) in [7, 11) is 0. The quantitative estimate of drug-likeness (QED) is 0.433. The highest BCUT2D eigenvalue weighted by Gasteiger charge is 2.20. The van der Waals surface area contributed by atoms with Crippen LogP contribution in [0.5, 0.6) is 0 Å². The molecule has 1 heterocycles. The van der Waals surface area contributed by atoms with Gasteiger partial charge in [0.25, 0.3) is 0 Å². The molecule has 2 aromatic rings. The van der Waals surface area contributed by atoms with Crippen molar-refractivity contribution >= 4 is 32.9 Å². The average Bonchev–Trinajstić information content (AvgIpc) is 2.93. The van der Waals surface area contributed by atoms with E-state index in [0.717, 1.165) is 30.6 Å². The van der Waals surface area contributed by atoms with Gasteiger partial charge in [-0.25, -0.2) is 4.98 Å². The number of nitrogens with zero attached hydrogens (tertiary/aromatic N) is 2. The van der Waals surface area contributed by atoms with Gasteiger partial charge in [0, 0.05) is 19.8 Å². The molecule has 0 bridgehead atoms. The molecule has 0 saturated carbocycles. The number of thiazole rings is 1. The third-order valence-corrected chi connectivity index (χ3v) is 3.88. The summed E-state index contributed by atoms with van der Waals surface area (Å²) in [5.41, 5.74) is 2.66. The molecule has 0 aliphatic rings. The van der Waals surface area contributed by atoms with Crippen LogP contribution in [-0.4, -0.2) is 29.7 Å². The lowest BCUT2D eigenvalue weighted by Crippen LogP contribution is -2.08. The molecule has 0 amide bonds. The molecule has 1 aromatic heterocycles. The lowest BCUT2D eigenvalue weighted by atomic mass is 10.2. The fourth-order valence-corrected chi connectivity index (χ4v) is 2.67. The maximum absolute atomic E-state index is 11.2. The van der Waals surface area contributed by atoms with E-state index in [4.69, 9.17) is 4.74 Å². The number of hydrogen-bond donors (Lipinski definition) is 1. The number of nitro benzene ring substituents is 1. The Kier molecular flexibility index (Phi) is 5.89. The van der Waals surface area contributed by atoms with Crippen LogP contribution in [-0.2, 0) is 4.74 Å². The number of unbranched alkanes of at least 4 members (excludes halogenated alkanes) is 1. The van der Waals surface area contributed by atoms with Gasteiger partial charge in [0.05, 0.1) is 15.1 Å². The molecule has 0 unspecified atom stereocenters. The smallest absolute Gasteiger partial charge is 0.319 e. The number of ether oxygens (including phenoxy) is 1. The van der Waals surface area contributed by atoms with Crippen molar-refractivity contribution in [1.29, 1.82) is 0 Å². The molecule has 0 spiro atoms. The second-order valence-corrected chi connectivity index (χ2v) is 5.55. The van der Waals surface area contributed by atoms with Gasteiger partial charge in [-0.3, -0.25) is 10.1 Å². The number of fused-ring (bicyclic) bond motifs is 1. The zero-order chi connectivity index (χ0) is 15.1. The summed E-state index contributed by atoms with van der Waals surface area (Å²) in [6.45, 7) is 4.21. The normalized spacial score (nSPS) is 10.9. The van der Waals surface area contributed by atoms with E-state index in [-0.39, 0.29) is 10.6 Å². The minimum atomic E-state index is -0.373. The molecule has 21 heavy (non-hydrogen) atoms. The summed E-state index contributed by atoms with van der Waals surface area (Å²) >= 11 is 1.40. The van der Waals surface area contributed by atoms with Crippen LogP contribution in [0.25, 0.3) is 10.2 Å². The number of hydrogen-bond acceptors (Lipinski definition) is 6. The fourth-order valence-electron chi connectivity index (χ4n) is 1.99. The Morgan fingerprint density at radius 3 is 2.95 bits per heavy atom. The van der Waals surface area contributed by atoms with Crippen molar-refractivity contribution in [2.45, 2.75) is 26.2 Å². The van der Waals surface area contributed by atoms with Gasteiger partial charge in [-0.1, -0.05) is 13.3 Å².